The summed E-state index contributed by atoms with van der Waals surface area (Å²) < 4.78 is 0. The molecule has 0 bridgehead atoms. The fourth-order valence-electron chi connectivity index (χ4n) is 2.09. The molecule has 0 atom stereocenters. The number of amides is 1. The highest BCUT2D eigenvalue weighted by atomic mass is 35.5. The molecule has 0 aliphatic rings. The van der Waals surface area contributed by atoms with E-state index in [9.17, 15) is 9.90 Å². The first-order valence-corrected chi connectivity index (χ1v) is 7.52. The standard InChI is InChI=1S/C16H16Cl2N2O2/c1-11-6-13(9-19-8-11)16(22)20(4-5-21)10-12-2-3-14(17)15(18)7-12/h2-3,6-9,21H,4-5,10H2,1H3. The van der Waals surface area contributed by atoms with Gasteiger partial charge in [0.25, 0.3) is 5.91 Å². The lowest BCUT2D eigenvalue weighted by Gasteiger charge is -2.22. The van der Waals surface area contributed by atoms with E-state index in [2.05, 4.69) is 4.98 Å². The van der Waals surface area contributed by atoms with E-state index in [1.54, 1.807) is 35.4 Å². The summed E-state index contributed by atoms with van der Waals surface area (Å²) in [5.74, 6) is -0.184. The van der Waals surface area contributed by atoms with E-state index < -0.39 is 0 Å². The van der Waals surface area contributed by atoms with Gasteiger partial charge < -0.3 is 10.0 Å². The SMILES string of the molecule is Cc1cncc(C(=O)N(CCO)Cc2ccc(Cl)c(Cl)c2)c1. The van der Waals surface area contributed by atoms with Crippen molar-refractivity contribution < 1.29 is 9.90 Å². The number of aromatic nitrogens is 1. The lowest BCUT2D eigenvalue weighted by Crippen LogP contribution is -2.33. The van der Waals surface area contributed by atoms with Crippen LogP contribution in [0.1, 0.15) is 21.5 Å². The topological polar surface area (TPSA) is 53.4 Å². The summed E-state index contributed by atoms with van der Waals surface area (Å²) in [5, 5.41) is 10.1. The molecule has 0 fully saturated rings. The van der Waals surface area contributed by atoms with Crippen molar-refractivity contribution >= 4 is 29.1 Å². The van der Waals surface area contributed by atoms with E-state index in [4.69, 9.17) is 23.2 Å². The number of rotatable bonds is 5. The quantitative estimate of drug-likeness (QED) is 0.909. The number of halogens is 2. The summed E-state index contributed by atoms with van der Waals surface area (Å²) in [6.45, 7) is 2.32. The number of aliphatic hydroxyl groups excluding tert-OH is 1. The Bertz CT molecular complexity index is 677. The number of benzene rings is 1. The van der Waals surface area contributed by atoms with Crippen LogP contribution >= 0.6 is 23.2 Å². The highest BCUT2D eigenvalue weighted by molar-refractivity contribution is 6.42. The second kappa shape index (κ2) is 7.58. The minimum Gasteiger partial charge on any atom is -0.395 e. The van der Waals surface area contributed by atoms with Crippen LogP contribution in [0.25, 0.3) is 0 Å². The molecule has 1 N–H and O–H groups in total. The number of carbonyl (C=O) groups excluding carboxylic acids is 1. The Morgan fingerprint density at radius 2 is 2.00 bits per heavy atom. The second-order valence-corrected chi connectivity index (χ2v) is 5.76. The number of carbonyl (C=O) groups is 1. The molecule has 116 valence electrons. The summed E-state index contributed by atoms with van der Waals surface area (Å²) in [5.41, 5.74) is 2.25. The zero-order valence-corrected chi connectivity index (χ0v) is 13.6. The van der Waals surface area contributed by atoms with Gasteiger partial charge in [-0.2, -0.15) is 0 Å². The van der Waals surface area contributed by atoms with Gasteiger partial charge in [0.2, 0.25) is 0 Å². The molecule has 0 aliphatic heterocycles. The Kier molecular flexibility index (Phi) is 5.77. The van der Waals surface area contributed by atoms with Crippen molar-refractivity contribution in [3.63, 3.8) is 0 Å². The summed E-state index contributed by atoms with van der Waals surface area (Å²) in [6.07, 6.45) is 3.21. The average molecular weight is 339 g/mol. The van der Waals surface area contributed by atoms with Crippen molar-refractivity contribution in [1.29, 1.82) is 0 Å². The van der Waals surface area contributed by atoms with Gasteiger partial charge in [0.05, 0.1) is 22.2 Å². The molecule has 0 aliphatic carbocycles. The maximum Gasteiger partial charge on any atom is 0.255 e. The van der Waals surface area contributed by atoms with E-state index in [-0.39, 0.29) is 19.1 Å². The molecule has 0 saturated heterocycles. The highest BCUT2D eigenvalue weighted by Crippen LogP contribution is 2.23. The largest absolute Gasteiger partial charge is 0.395 e. The van der Waals surface area contributed by atoms with Crippen LogP contribution in [0.4, 0.5) is 0 Å². The van der Waals surface area contributed by atoms with Crippen molar-refractivity contribution in [3.05, 3.63) is 63.4 Å². The van der Waals surface area contributed by atoms with Crippen LogP contribution in [0.5, 0.6) is 0 Å². The molecule has 6 heteroatoms. The van der Waals surface area contributed by atoms with Crippen LogP contribution in [0, 0.1) is 6.92 Å². The Hall–Kier alpha value is -1.62. The van der Waals surface area contributed by atoms with Gasteiger partial charge in [-0.3, -0.25) is 9.78 Å². The predicted molar refractivity (Wildman–Crippen MR) is 87.3 cm³/mol. The second-order valence-electron chi connectivity index (χ2n) is 4.95. The molecule has 1 amide bonds. The fourth-order valence-corrected chi connectivity index (χ4v) is 2.41. The van der Waals surface area contributed by atoms with Crippen LogP contribution in [-0.2, 0) is 6.54 Å². The van der Waals surface area contributed by atoms with E-state index in [1.807, 2.05) is 6.92 Å². The lowest BCUT2D eigenvalue weighted by molar-refractivity contribution is 0.0707. The first kappa shape index (κ1) is 16.7. The highest BCUT2D eigenvalue weighted by Gasteiger charge is 2.16. The molecule has 22 heavy (non-hydrogen) atoms. The molecule has 1 heterocycles. The monoisotopic (exact) mass is 338 g/mol. The van der Waals surface area contributed by atoms with Gasteiger partial charge >= 0.3 is 0 Å². The molecule has 2 rings (SSSR count). The molecule has 1 aromatic heterocycles. The summed E-state index contributed by atoms with van der Waals surface area (Å²) in [4.78, 5) is 18.1. The molecular formula is C16H16Cl2N2O2. The first-order chi connectivity index (χ1) is 10.5. The van der Waals surface area contributed by atoms with Crippen LogP contribution in [0.15, 0.2) is 36.7 Å². The molecule has 2 aromatic rings. The van der Waals surface area contributed by atoms with E-state index in [1.165, 1.54) is 6.20 Å². The number of aryl methyl sites for hydroxylation is 1. The third-order valence-electron chi connectivity index (χ3n) is 3.14. The van der Waals surface area contributed by atoms with Crippen molar-refractivity contribution in [3.8, 4) is 0 Å². The van der Waals surface area contributed by atoms with E-state index >= 15 is 0 Å². The number of hydrogen-bond donors (Lipinski definition) is 1. The number of pyridine rings is 1. The minimum absolute atomic E-state index is 0.119. The summed E-state index contributed by atoms with van der Waals surface area (Å²) in [6, 6.07) is 6.99. The predicted octanol–water partition coefficient (Wildman–Crippen LogP) is 3.33. The van der Waals surface area contributed by atoms with Crippen molar-refractivity contribution in [2.75, 3.05) is 13.2 Å². The molecule has 4 nitrogen and oxygen atoms in total. The molecule has 0 spiro atoms. The van der Waals surface area contributed by atoms with Gasteiger partial charge in [-0.05, 0) is 36.2 Å². The van der Waals surface area contributed by atoms with E-state index in [0.717, 1.165) is 11.1 Å². The Balaban J connectivity index is 2.22. The fraction of sp³-hybridized carbons (Fsp3) is 0.250. The number of hydrogen-bond acceptors (Lipinski definition) is 3. The zero-order chi connectivity index (χ0) is 16.1. The van der Waals surface area contributed by atoms with Crippen LogP contribution in [-0.4, -0.2) is 34.0 Å². The van der Waals surface area contributed by atoms with Gasteiger partial charge in [-0.15, -0.1) is 0 Å². The molecule has 1 aromatic carbocycles. The first-order valence-electron chi connectivity index (χ1n) is 6.77. The van der Waals surface area contributed by atoms with Crippen LogP contribution < -0.4 is 0 Å². The molecular weight excluding hydrogens is 323 g/mol. The third kappa shape index (κ3) is 4.19. The Labute approximate surface area is 139 Å². The van der Waals surface area contributed by atoms with Gasteiger partial charge in [0.1, 0.15) is 0 Å². The number of nitrogens with zero attached hydrogens (tertiary/aromatic N) is 2. The smallest absolute Gasteiger partial charge is 0.255 e. The van der Waals surface area contributed by atoms with Crippen LogP contribution in [0.2, 0.25) is 10.0 Å². The third-order valence-corrected chi connectivity index (χ3v) is 3.88. The van der Waals surface area contributed by atoms with Gasteiger partial charge in [0.15, 0.2) is 0 Å². The number of aliphatic hydroxyl groups is 1. The van der Waals surface area contributed by atoms with Crippen molar-refractivity contribution in [2.45, 2.75) is 13.5 Å². The normalized spacial score (nSPS) is 10.5. The summed E-state index contributed by atoms with van der Waals surface area (Å²) >= 11 is 11.9. The maximum absolute atomic E-state index is 12.6. The average Bonchev–Trinajstić information content (AvgIpc) is 2.50. The van der Waals surface area contributed by atoms with Crippen molar-refractivity contribution in [1.82, 2.24) is 9.88 Å². The van der Waals surface area contributed by atoms with Gasteiger partial charge in [-0.25, -0.2) is 0 Å². The minimum atomic E-state index is -0.184. The zero-order valence-electron chi connectivity index (χ0n) is 12.1. The molecule has 0 radical (unpaired) electrons. The lowest BCUT2D eigenvalue weighted by atomic mass is 10.1. The van der Waals surface area contributed by atoms with E-state index in [0.29, 0.717) is 22.2 Å². The van der Waals surface area contributed by atoms with Gasteiger partial charge in [-0.1, -0.05) is 29.3 Å². The Morgan fingerprint density at radius 3 is 2.64 bits per heavy atom. The van der Waals surface area contributed by atoms with Gasteiger partial charge in [0, 0.05) is 25.5 Å². The summed E-state index contributed by atoms with van der Waals surface area (Å²) in [7, 11) is 0. The molecule has 0 saturated carbocycles. The Morgan fingerprint density at radius 1 is 1.23 bits per heavy atom. The molecule has 0 unspecified atom stereocenters. The maximum atomic E-state index is 12.6. The van der Waals surface area contributed by atoms with Crippen LogP contribution in [0.3, 0.4) is 0 Å². The van der Waals surface area contributed by atoms with Crippen molar-refractivity contribution in [2.24, 2.45) is 0 Å².